The minimum Gasteiger partial charge on any atom is -0.314 e. The van der Waals surface area contributed by atoms with Crippen molar-refractivity contribution in [3.63, 3.8) is 0 Å². The van der Waals surface area contributed by atoms with E-state index in [0.717, 1.165) is 12.6 Å². The number of pyridine rings is 1. The molecule has 19 heavy (non-hydrogen) atoms. The van der Waals surface area contributed by atoms with Gasteiger partial charge in [-0.15, -0.1) is 0 Å². The Morgan fingerprint density at radius 2 is 1.89 bits per heavy atom. The maximum absolute atomic E-state index is 13.1. The Morgan fingerprint density at radius 3 is 2.37 bits per heavy atom. The van der Waals surface area contributed by atoms with Crippen LogP contribution in [-0.2, 0) is 6.18 Å². The molecule has 0 aliphatic rings. The van der Waals surface area contributed by atoms with Gasteiger partial charge in [0.25, 0.3) is 0 Å². The van der Waals surface area contributed by atoms with Gasteiger partial charge in [-0.3, -0.25) is 4.98 Å². The third-order valence-corrected chi connectivity index (χ3v) is 3.24. The summed E-state index contributed by atoms with van der Waals surface area (Å²) in [5.74, 6) is -0.192. The molecule has 2 atom stereocenters. The molecule has 0 radical (unpaired) electrons. The van der Waals surface area contributed by atoms with E-state index in [1.165, 1.54) is 12.3 Å². The fourth-order valence-corrected chi connectivity index (χ4v) is 2.50. The summed E-state index contributed by atoms with van der Waals surface area (Å²) in [6.07, 6.45) is -2.93. The summed E-state index contributed by atoms with van der Waals surface area (Å²) in [6.45, 7) is 8.42. The molecule has 0 aromatic carbocycles. The van der Waals surface area contributed by atoms with E-state index in [-0.39, 0.29) is 23.6 Å². The van der Waals surface area contributed by atoms with Crippen LogP contribution in [0.3, 0.4) is 0 Å². The van der Waals surface area contributed by atoms with Gasteiger partial charge in [0.1, 0.15) is 0 Å². The lowest BCUT2D eigenvalue weighted by molar-refractivity contribution is -0.138. The van der Waals surface area contributed by atoms with Crippen molar-refractivity contribution in [2.24, 2.45) is 5.92 Å². The van der Waals surface area contributed by atoms with Gasteiger partial charge >= 0.3 is 6.18 Å². The van der Waals surface area contributed by atoms with Crippen molar-refractivity contribution in [3.05, 3.63) is 29.6 Å². The van der Waals surface area contributed by atoms with E-state index in [4.69, 9.17) is 0 Å². The number of halogens is 3. The summed E-state index contributed by atoms with van der Waals surface area (Å²) >= 11 is 0. The normalized spacial score (nSPS) is 15.6. The lowest BCUT2D eigenvalue weighted by Crippen LogP contribution is -2.36. The lowest BCUT2D eigenvalue weighted by Gasteiger charge is -2.29. The summed E-state index contributed by atoms with van der Waals surface area (Å²) in [6, 6.07) is 2.39. The first-order valence-corrected chi connectivity index (χ1v) is 6.54. The second kappa shape index (κ2) is 6.37. The topological polar surface area (TPSA) is 24.9 Å². The Labute approximate surface area is 112 Å². The predicted octanol–water partition coefficient (Wildman–Crippen LogP) is 3.84. The zero-order valence-electron chi connectivity index (χ0n) is 11.8. The highest BCUT2D eigenvalue weighted by molar-refractivity contribution is 5.27. The summed E-state index contributed by atoms with van der Waals surface area (Å²) in [4.78, 5) is 4.01. The maximum atomic E-state index is 13.1. The van der Waals surface area contributed by atoms with Gasteiger partial charge in [0.15, 0.2) is 0 Å². The first-order chi connectivity index (χ1) is 8.79. The van der Waals surface area contributed by atoms with Crippen LogP contribution in [0.2, 0.25) is 0 Å². The van der Waals surface area contributed by atoms with E-state index in [9.17, 15) is 13.2 Å². The maximum Gasteiger partial charge on any atom is 0.418 e. The highest BCUT2D eigenvalue weighted by Crippen LogP contribution is 2.37. The number of nitrogens with one attached hydrogen (secondary N) is 1. The van der Waals surface area contributed by atoms with Crippen molar-refractivity contribution in [3.8, 4) is 0 Å². The van der Waals surface area contributed by atoms with Gasteiger partial charge in [0.05, 0.1) is 11.3 Å². The van der Waals surface area contributed by atoms with Crippen LogP contribution in [0.5, 0.6) is 0 Å². The molecule has 1 heterocycles. The van der Waals surface area contributed by atoms with Gasteiger partial charge in [-0.25, -0.2) is 0 Å². The third-order valence-electron chi connectivity index (χ3n) is 3.24. The Hall–Kier alpha value is -1.10. The molecule has 0 aliphatic heterocycles. The molecule has 1 aromatic heterocycles. The van der Waals surface area contributed by atoms with Gasteiger partial charge in [0.2, 0.25) is 0 Å². The minimum absolute atomic E-state index is 0.0546. The SMILES string of the molecule is CCNC(C)C(c1ncccc1C(F)(F)F)C(C)C. The summed E-state index contributed by atoms with van der Waals surface area (Å²) < 4.78 is 39.2. The van der Waals surface area contributed by atoms with Gasteiger partial charge in [-0.2, -0.15) is 13.2 Å². The average Bonchev–Trinajstić information content (AvgIpc) is 2.28. The third kappa shape index (κ3) is 3.93. The zero-order valence-corrected chi connectivity index (χ0v) is 11.8. The Balaban J connectivity index is 3.24. The van der Waals surface area contributed by atoms with Crippen molar-refractivity contribution in [2.45, 2.75) is 45.8 Å². The molecule has 2 unspecified atom stereocenters. The molecule has 2 nitrogen and oxygen atoms in total. The van der Waals surface area contributed by atoms with Crippen LogP contribution in [0.25, 0.3) is 0 Å². The van der Waals surface area contributed by atoms with Crippen molar-refractivity contribution >= 4 is 0 Å². The quantitative estimate of drug-likeness (QED) is 0.882. The summed E-state index contributed by atoms with van der Waals surface area (Å²) in [5.41, 5.74) is -0.489. The van der Waals surface area contributed by atoms with Crippen LogP contribution in [0.1, 0.15) is 44.9 Å². The van der Waals surface area contributed by atoms with Crippen LogP contribution in [0, 0.1) is 5.92 Å². The van der Waals surface area contributed by atoms with Crippen LogP contribution in [0.4, 0.5) is 13.2 Å². The van der Waals surface area contributed by atoms with Crippen LogP contribution >= 0.6 is 0 Å². The molecular formula is C14H21F3N2. The van der Waals surface area contributed by atoms with E-state index in [0.29, 0.717) is 0 Å². The molecule has 108 valence electrons. The summed E-state index contributed by atoms with van der Waals surface area (Å²) in [7, 11) is 0. The van der Waals surface area contributed by atoms with Crippen molar-refractivity contribution in [1.82, 2.24) is 10.3 Å². The zero-order chi connectivity index (χ0) is 14.6. The lowest BCUT2D eigenvalue weighted by atomic mass is 9.84. The number of nitrogens with zero attached hydrogens (tertiary/aromatic N) is 1. The van der Waals surface area contributed by atoms with E-state index >= 15 is 0 Å². The van der Waals surface area contributed by atoms with E-state index in [2.05, 4.69) is 10.3 Å². The fourth-order valence-electron chi connectivity index (χ4n) is 2.50. The van der Waals surface area contributed by atoms with E-state index in [1.54, 1.807) is 0 Å². The molecule has 0 bridgehead atoms. The monoisotopic (exact) mass is 274 g/mol. The Morgan fingerprint density at radius 1 is 1.26 bits per heavy atom. The highest BCUT2D eigenvalue weighted by atomic mass is 19.4. The Kier molecular flexibility index (Phi) is 5.35. The Bertz CT molecular complexity index is 402. The molecule has 0 amide bonds. The molecule has 0 saturated heterocycles. The average molecular weight is 274 g/mol. The predicted molar refractivity (Wildman–Crippen MR) is 70.0 cm³/mol. The molecule has 5 heteroatoms. The standard InChI is InChI=1S/C14H21F3N2/c1-5-18-10(4)12(9(2)3)13-11(14(15,16)17)7-6-8-19-13/h6-10,12,18H,5H2,1-4H3. The number of alkyl halides is 3. The summed E-state index contributed by atoms with van der Waals surface area (Å²) in [5, 5.41) is 3.20. The molecule has 1 rings (SSSR count). The molecule has 0 fully saturated rings. The van der Waals surface area contributed by atoms with Gasteiger partial charge < -0.3 is 5.32 Å². The molecule has 1 aromatic rings. The van der Waals surface area contributed by atoms with Crippen molar-refractivity contribution in [1.29, 1.82) is 0 Å². The van der Waals surface area contributed by atoms with E-state index < -0.39 is 11.7 Å². The molecule has 0 spiro atoms. The molecule has 0 aliphatic carbocycles. The smallest absolute Gasteiger partial charge is 0.314 e. The highest BCUT2D eigenvalue weighted by Gasteiger charge is 2.37. The van der Waals surface area contributed by atoms with Crippen LogP contribution in [-0.4, -0.2) is 17.6 Å². The van der Waals surface area contributed by atoms with Crippen LogP contribution in [0.15, 0.2) is 18.3 Å². The number of hydrogen-bond donors (Lipinski definition) is 1. The van der Waals surface area contributed by atoms with Gasteiger partial charge in [0, 0.05) is 18.2 Å². The van der Waals surface area contributed by atoms with Gasteiger partial charge in [-0.1, -0.05) is 20.8 Å². The van der Waals surface area contributed by atoms with Crippen molar-refractivity contribution in [2.75, 3.05) is 6.54 Å². The van der Waals surface area contributed by atoms with Gasteiger partial charge in [-0.05, 0) is 31.5 Å². The fraction of sp³-hybridized carbons (Fsp3) is 0.643. The van der Waals surface area contributed by atoms with E-state index in [1.807, 2.05) is 27.7 Å². The second-order valence-electron chi connectivity index (χ2n) is 5.05. The largest absolute Gasteiger partial charge is 0.418 e. The molecular weight excluding hydrogens is 253 g/mol. The minimum atomic E-state index is -4.36. The number of hydrogen-bond acceptors (Lipinski definition) is 2. The second-order valence-corrected chi connectivity index (χ2v) is 5.05. The first-order valence-electron chi connectivity index (χ1n) is 6.54. The number of aromatic nitrogens is 1. The number of rotatable bonds is 5. The molecule has 0 saturated carbocycles. The number of likely N-dealkylation sites (N-methyl/N-ethyl adjacent to an activating group) is 1. The van der Waals surface area contributed by atoms with Crippen molar-refractivity contribution < 1.29 is 13.2 Å². The van der Waals surface area contributed by atoms with Crippen LogP contribution < -0.4 is 5.32 Å². The molecule has 1 N–H and O–H groups in total. The first kappa shape index (κ1) is 16.0.